The van der Waals surface area contributed by atoms with Gasteiger partial charge in [0.25, 0.3) is 0 Å². The van der Waals surface area contributed by atoms with Crippen LogP contribution >= 0.6 is 0 Å². The van der Waals surface area contributed by atoms with E-state index in [4.69, 9.17) is 5.11 Å². The van der Waals surface area contributed by atoms with Crippen LogP contribution in [0.4, 0.5) is 10.1 Å². The SMILES string of the molecule is O=C(Cc1ccc(C(=O)O)cc1)NC(c1ccccc1F)c1ccccc1N1CCCCC1. The van der Waals surface area contributed by atoms with Crippen molar-refractivity contribution in [2.24, 2.45) is 0 Å². The van der Waals surface area contributed by atoms with Gasteiger partial charge in [-0.2, -0.15) is 0 Å². The van der Waals surface area contributed by atoms with Gasteiger partial charge in [0.2, 0.25) is 5.91 Å². The molecule has 4 rings (SSSR count). The van der Waals surface area contributed by atoms with Gasteiger partial charge in [-0.25, -0.2) is 9.18 Å². The maximum atomic E-state index is 14.9. The van der Waals surface area contributed by atoms with Gasteiger partial charge in [-0.1, -0.05) is 48.5 Å². The summed E-state index contributed by atoms with van der Waals surface area (Å²) in [5, 5.41) is 12.1. The predicted octanol–water partition coefficient (Wildman–Crippen LogP) is 4.96. The van der Waals surface area contributed by atoms with Crippen molar-refractivity contribution in [1.82, 2.24) is 5.32 Å². The number of amides is 1. The summed E-state index contributed by atoms with van der Waals surface area (Å²) in [7, 11) is 0. The topological polar surface area (TPSA) is 69.6 Å². The number of carboxylic acid groups (broad SMARTS) is 1. The number of carbonyl (C=O) groups excluding carboxylic acids is 1. The van der Waals surface area contributed by atoms with Crippen LogP contribution in [-0.4, -0.2) is 30.1 Å². The Kier molecular flexibility index (Phi) is 7.03. The van der Waals surface area contributed by atoms with E-state index in [0.29, 0.717) is 11.1 Å². The molecule has 33 heavy (non-hydrogen) atoms. The van der Waals surface area contributed by atoms with E-state index in [0.717, 1.165) is 37.2 Å². The van der Waals surface area contributed by atoms with E-state index in [-0.39, 0.29) is 23.7 Å². The number of benzene rings is 3. The third kappa shape index (κ3) is 5.40. The Hall–Kier alpha value is -3.67. The molecule has 1 aliphatic rings. The number of nitrogens with zero attached hydrogens (tertiary/aromatic N) is 1. The Labute approximate surface area is 192 Å². The van der Waals surface area contributed by atoms with E-state index in [1.165, 1.54) is 24.6 Å². The number of hydrogen-bond donors (Lipinski definition) is 2. The number of carboxylic acids is 1. The van der Waals surface area contributed by atoms with E-state index in [1.54, 1.807) is 30.3 Å². The molecule has 5 nitrogen and oxygen atoms in total. The van der Waals surface area contributed by atoms with Crippen LogP contribution in [0.25, 0.3) is 0 Å². The van der Waals surface area contributed by atoms with Crippen LogP contribution in [0.1, 0.15) is 52.4 Å². The fraction of sp³-hybridized carbons (Fsp3) is 0.259. The zero-order chi connectivity index (χ0) is 23.2. The van der Waals surface area contributed by atoms with Gasteiger partial charge in [0, 0.05) is 29.9 Å². The Morgan fingerprint density at radius 3 is 2.18 bits per heavy atom. The number of nitrogens with one attached hydrogen (secondary N) is 1. The fourth-order valence-electron chi connectivity index (χ4n) is 4.35. The van der Waals surface area contributed by atoms with Crippen molar-refractivity contribution in [3.63, 3.8) is 0 Å². The van der Waals surface area contributed by atoms with E-state index >= 15 is 0 Å². The molecule has 1 fully saturated rings. The number of anilines is 1. The molecule has 0 radical (unpaired) electrons. The first-order valence-corrected chi connectivity index (χ1v) is 11.2. The number of hydrogen-bond acceptors (Lipinski definition) is 3. The standard InChI is InChI=1S/C27H27FN2O3/c28-23-10-4-2-8-21(23)26(22-9-3-5-11-24(22)30-16-6-1-7-17-30)29-25(31)18-19-12-14-20(15-13-19)27(32)33/h2-5,8-15,26H,1,6-7,16-18H2,(H,29,31)(H,32,33). The molecule has 1 unspecified atom stereocenters. The van der Waals surface area contributed by atoms with Crippen molar-refractivity contribution in [2.45, 2.75) is 31.7 Å². The molecule has 3 aromatic carbocycles. The van der Waals surface area contributed by atoms with Crippen LogP contribution in [0.3, 0.4) is 0 Å². The summed E-state index contributed by atoms with van der Waals surface area (Å²) in [6, 6.07) is 19.9. The predicted molar refractivity (Wildman–Crippen MR) is 126 cm³/mol. The minimum absolute atomic E-state index is 0.0662. The summed E-state index contributed by atoms with van der Waals surface area (Å²) in [4.78, 5) is 26.4. The highest BCUT2D eigenvalue weighted by Crippen LogP contribution is 2.33. The van der Waals surface area contributed by atoms with Crippen LogP contribution < -0.4 is 10.2 Å². The number of piperidine rings is 1. The highest BCUT2D eigenvalue weighted by molar-refractivity contribution is 5.88. The second-order valence-corrected chi connectivity index (χ2v) is 8.31. The summed E-state index contributed by atoms with van der Waals surface area (Å²) >= 11 is 0. The third-order valence-corrected chi connectivity index (χ3v) is 6.03. The Morgan fingerprint density at radius 2 is 1.52 bits per heavy atom. The van der Waals surface area contributed by atoms with Crippen molar-refractivity contribution in [3.8, 4) is 0 Å². The van der Waals surface area contributed by atoms with Crippen molar-refractivity contribution < 1.29 is 19.1 Å². The number of rotatable bonds is 7. The first-order chi connectivity index (χ1) is 16.0. The number of carbonyl (C=O) groups is 2. The lowest BCUT2D eigenvalue weighted by Crippen LogP contribution is -2.34. The number of halogens is 1. The molecule has 1 aliphatic heterocycles. The summed E-state index contributed by atoms with van der Waals surface area (Å²) in [6.07, 6.45) is 3.48. The first-order valence-electron chi connectivity index (χ1n) is 11.2. The molecule has 0 saturated carbocycles. The lowest BCUT2D eigenvalue weighted by Gasteiger charge is -2.33. The monoisotopic (exact) mass is 446 g/mol. The van der Waals surface area contributed by atoms with Crippen LogP contribution in [-0.2, 0) is 11.2 Å². The summed E-state index contributed by atoms with van der Waals surface area (Å²) in [6.45, 7) is 1.87. The zero-order valence-electron chi connectivity index (χ0n) is 18.3. The smallest absolute Gasteiger partial charge is 0.335 e. The van der Waals surface area contributed by atoms with Gasteiger partial charge in [-0.15, -0.1) is 0 Å². The maximum absolute atomic E-state index is 14.9. The minimum atomic E-state index is -1.01. The third-order valence-electron chi connectivity index (χ3n) is 6.03. The minimum Gasteiger partial charge on any atom is -0.478 e. The lowest BCUT2D eigenvalue weighted by molar-refractivity contribution is -0.120. The molecule has 1 atom stereocenters. The molecular formula is C27H27FN2O3. The first kappa shape index (κ1) is 22.5. The van der Waals surface area contributed by atoms with Gasteiger partial charge in [0.05, 0.1) is 18.0 Å². The molecule has 0 aromatic heterocycles. The maximum Gasteiger partial charge on any atom is 0.335 e. The van der Waals surface area contributed by atoms with Gasteiger partial charge in [-0.3, -0.25) is 4.79 Å². The molecule has 3 aromatic rings. The van der Waals surface area contributed by atoms with Gasteiger partial charge in [-0.05, 0) is 49.1 Å². The van der Waals surface area contributed by atoms with E-state index < -0.39 is 12.0 Å². The molecule has 0 aliphatic carbocycles. The Balaban J connectivity index is 1.63. The summed E-state index contributed by atoms with van der Waals surface area (Å²) in [5.74, 6) is -1.65. The summed E-state index contributed by atoms with van der Waals surface area (Å²) in [5.41, 5.74) is 3.14. The Morgan fingerprint density at radius 1 is 0.879 bits per heavy atom. The fourth-order valence-corrected chi connectivity index (χ4v) is 4.35. The highest BCUT2D eigenvalue weighted by atomic mass is 19.1. The van der Waals surface area contributed by atoms with Crippen LogP contribution in [0.15, 0.2) is 72.8 Å². The largest absolute Gasteiger partial charge is 0.478 e. The van der Waals surface area contributed by atoms with E-state index in [1.807, 2.05) is 24.3 Å². The summed E-state index contributed by atoms with van der Waals surface area (Å²) < 4.78 is 14.9. The van der Waals surface area contributed by atoms with Crippen molar-refractivity contribution in [3.05, 3.63) is 101 Å². The van der Waals surface area contributed by atoms with Crippen LogP contribution in [0.2, 0.25) is 0 Å². The molecule has 1 amide bonds. The van der Waals surface area contributed by atoms with Gasteiger partial charge >= 0.3 is 5.97 Å². The van der Waals surface area contributed by atoms with Crippen molar-refractivity contribution in [2.75, 3.05) is 18.0 Å². The van der Waals surface area contributed by atoms with Crippen molar-refractivity contribution >= 4 is 17.6 Å². The normalized spacial score (nSPS) is 14.5. The molecule has 1 saturated heterocycles. The van der Waals surface area contributed by atoms with E-state index in [9.17, 15) is 14.0 Å². The Bertz CT molecular complexity index is 1120. The molecule has 0 spiro atoms. The molecule has 0 bridgehead atoms. The van der Waals surface area contributed by atoms with Crippen LogP contribution in [0, 0.1) is 5.82 Å². The van der Waals surface area contributed by atoms with Gasteiger partial charge in [0.15, 0.2) is 0 Å². The van der Waals surface area contributed by atoms with Crippen LogP contribution in [0.5, 0.6) is 0 Å². The molecule has 6 heteroatoms. The quantitative estimate of drug-likeness (QED) is 0.538. The molecular weight excluding hydrogens is 419 g/mol. The van der Waals surface area contributed by atoms with Gasteiger partial charge in [0.1, 0.15) is 5.82 Å². The van der Waals surface area contributed by atoms with Crippen molar-refractivity contribution in [1.29, 1.82) is 0 Å². The molecule has 170 valence electrons. The highest BCUT2D eigenvalue weighted by Gasteiger charge is 2.25. The van der Waals surface area contributed by atoms with E-state index in [2.05, 4.69) is 10.2 Å². The molecule has 1 heterocycles. The number of para-hydroxylation sites is 1. The lowest BCUT2D eigenvalue weighted by atomic mass is 9.95. The zero-order valence-corrected chi connectivity index (χ0v) is 18.3. The average Bonchev–Trinajstić information content (AvgIpc) is 2.84. The number of aromatic carboxylic acids is 1. The average molecular weight is 447 g/mol. The van der Waals surface area contributed by atoms with Gasteiger partial charge < -0.3 is 15.3 Å². The second kappa shape index (κ2) is 10.3. The second-order valence-electron chi connectivity index (χ2n) is 8.31. The molecule has 2 N–H and O–H groups in total.